The average Bonchev–Trinajstić information content (AvgIpc) is 3.22. The van der Waals surface area contributed by atoms with Crippen molar-refractivity contribution in [3.05, 3.63) is 24.3 Å². The molecule has 0 bridgehead atoms. The van der Waals surface area contributed by atoms with Crippen LogP contribution in [0.5, 0.6) is 0 Å². The number of aliphatic hydroxyl groups is 1. The molecule has 104 valence electrons. The molecule has 2 rings (SSSR count). The van der Waals surface area contributed by atoms with Crippen LogP contribution in [-0.4, -0.2) is 41.1 Å². The lowest BCUT2D eigenvalue weighted by molar-refractivity contribution is -0.121. The molecule has 0 radical (unpaired) electrons. The second-order valence-electron chi connectivity index (χ2n) is 4.98. The van der Waals surface area contributed by atoms with Crippen LogP contribution in [0, 0.1) is 0 Å². The molecule has 1 saturated carbocycles. The molecule has 5 nitrogen and oxygen atoms in total. The summed E-state index contributed by atoms with van der Waals surface area (Å²) in [5.74, 6) is -0.0508. The third kappa shape index (κ3) is 3.68. The SMILES string of the molecule is CC(C(=O)Nc1ccc(N)cc1)N(CCO)C1CC1. The minimum absolute atomic E-state index is 0.0508. The highest BCUT2D eigenvalue weighted by molar-refractivity contribution is 5.94. The van der Waals surface area contributed by atoms with Crippen LogP contribution in [0.3, 0.4) is 0 Å². The zero-order valence-corrected chi connectivity index (χ0v) is 11.2. The van der Waals surface area contributed by atoms with Gasteiger partial charge in [-0.25, -0.2) is 0 Å². The van der Waals surface area contributed by atoms with E-state index in [1.165, 1.54) is 0 Å². The molecule has 1 aromatic carbocycles. The highest BCUT2D eigenvalue weighted by Crippen LogP contribution is 2.28. The van der Waals surface area contributed by atoms with Gasteiger partial charge in [-0.2, -0.15) is 0 Å². The van der Waals surface area contributed by atoms with Gasteiger partial charge in [0.05, 0.1) is 12.6 Å². The normalized spacial score (nSPS) is 16.4. The fraction of sp³-hybridized carbons (Fsp3) is 0.500. The number of carbonyl (C=O) groups excluding carboxylic acids is 1. The van der Waals surface area contributed by atoms with Crippen molar-refractivity contribution in [2.24, 2.45) is 0 Å². The van der Waals surface area contributed by atoms with E-state index in [4.69, 9.17) is 10.8 Å². The Morgan fingerprint density at radius 1 is 1.47 bits per heavy atom. The van der Waals surface area contributed by atoms with Gasteiger partial charge in [-0.3, -0.25) is 9.69 Å². The fourth-order valence-electron chi connectivity index (χ4n) is 2.18. The van der Waals surface area contributed by atoms with Crippen molar-refractivity contribution in [3.8, 4) is 0 Å². The van der Waals surface area contributed by atoms with Crippen LogP contribution in [0.15, 0.2) is 24.3 Å². The van der Waals surface area contributed by atoms with Gasteiger partial charge in [-0.05, 0) is 44.0 Å². The zero-order chi connectivity index (χ0) is 13.8. The van der Waals surface area contributed by atoms with Crippen molar-refractivity contribution in [3.63, 3.8) is 0 Å². The Hall–Kier alpha value is -1.59. The van der Waals surface area contributed by atoms with Gasteiger partial charge >= 0.3 is 0 Å². The van der Waals surface area contributed by atoms with E-state index in [0.717, 1.165) is 18.5 Å². The smallest absolute Gasteiger partial charge is 0.241 e. The summed E-state index contributed by atoms with van der Waals surface area (Å²) in [4.78, 5) is 14.2. The average molecular weight is 263 g/mol. The van der Waals surface area contributed by atoms with E-state index in [1.54, 1.807) is 24.3 Å². The first-order valence-corrected chi connectivity index (χ1v) is 6.65. The molecule has 1 amide bonds. The van der Waals surface area contributed by atoms with Gasteiger partial charge in [0.25, 0.3) is 0 Å². The lowest BCUT2D eigenvalue weighted by atomic mass is 10.2. The third-order valence-corrected chi connectivity index (χ3v) is 3.43. The van der Waals surface area contributed by atoms with Crippen molar-refractivity contribution >= 4 is 17.3 Å². The van der Waals surface area contributed by atoms with Crippen LogP contribution in [0.2, 0.25) is 0 Å². The first-order valence-electron chi connectivity index (χ1n) is 6.65. The van der Waals surface area contributed by atoms with Crippen LogP contribution in [0.1, 0.15) is 19.8 Å². The van der Waals surface area contributed by atoms with E-state index in [2.05, 4.69) is 10.2 Å². The maximum Gasteiger partial charge on any atom is 0.241 e. The molecule has 0 saturated heterocycles. The molecular weight excluding hydrogens is 242 g/mol. The van der Waals surface area contributed by atoms with Gasteiger partial charge in [-0.1, -0.05) is 0 Å². The van der Waals surface area contributed by atoms with Gasteiger partial charge < -0.3 is 16.2 Å². The zero-order valence-electron chi connectivity index (χ0n) is 11.2. The molecule has 19 heavy (non-hydrogen) atoms. The van der Waals surface area contributed by atoms with Crippen LogP contribution < -0.4 is 11.1 Å². The van der Waals surface area contributed by atoms with Gasteiger partial charge in [-0.15, -0.1) is 0 Å². The quantitative estimate of drug-likeness (QED) is 0.670. The van der Waals surface area contributed by atoms with Crippen molar-refractivity contribution in [2.45, 2.75) is 31.8 Å². The Morgan fingerprint density at radius 2 is 2.11 bits per heavy atom. The highest BCUT2D eigenvalue weighted by atomic mass is 16.3. The van der Waals surface area contributed by atoms with Gasteiger partial charge in [0.15, 0.2) is 0 Å². The summed E-state index contributed by atoms with van der Waals surface area (Å²) in [5.41, 5.74) is 7.02. The highest BCUT2D eigenvalue weighted by Gasteiger charge is 2.34. The molecule has 1 fully saturated rings. The van der Waals surface area contributed by atoms with Crippen LogP contribution in [-0.2, 0) is 4.79 Å². The lowest BCUT2D eigenvalue weighted by Crippen LogP contribution is -2.44. The number of amides is 1. The number of anilines is 2. The summed E-state index contributed by atoms with van der Waals surface area (Å²) in [7, 11) is 0. The molecule has 1 aliphatic rings. The minimum atomic E-state index is -0.239. The number of rotatable bonds is 6. The van der Waals surface area contributed by atoms with E-state index < -0.39 is 0 Å². The van der Waals surface area contributed by atoms with Crippen molar-refractivity contribution < 1.29 is 9.90 Å². The Labute approximate surface area is 113 Å². The molecule has 0 aliphatic heterocycles. The Balaban J connectivity index is 1.95. The molecule has 1 atom stereocenters. The van der Waals surface area contributed by atoms with Crippen LogP contribution >= 0.6 is 0 Å². The largest absolute Gasteiger partial charge is 0.399 e. The third-order valence-electron chi connectivity index (χ3n) is 3.43. The summed E-state index contributed by atoms with van der Waals surface area (Å²) in [5, 5.41) is 11.9. The Kier molecular flexibility index (Phi) is 4.39. The van der Waals surface area contributed by atoms with E-state index in [0.29, 0.717) is 18.3 Å². The summed E-state index contributed by atoms with van der Waals surface area (Å²) in [6, 6.07) is 7.29. The van der Waals surface area contributed by atoms with Crippen molar-refractivity contribution in [1.82, 2.24) is 4.90 Å². The topological polar surface area (TPSA) is 78.6 Å². The van der Waals surface area contributed by atoms with E-state index in [-0.39, 0.29) is 18.6 Å². The number of nitrogens with one attached hydrogen (secondary N) is 1. The van der Waals surface area contributed by atoms with Gasteiger partial charge in [0.1, 0.15) is 0 Å². The number of nitrogen functional groups attached to an aromatic ring is 1. The second kappa shape index (κ2) is 6.04. The molecular formula is C14H21N3O2. The van der Waals surface area contributed by atoms with Gasteiger partial charge in [0.2, 0.25) is 5.91 Å². The maximum absolute atomic E-state index is 12.2. The molecule has 0 aromatic heterocycles. The predicted octanol–water partition coefficient (Wildman–Crippen LogP) is 1.05. The molecule has 1 unspecified atom stereocenters. The number of hydrogen-bond donors (Lipinski definition) is 3. The molecule has 1 aromatic rings. The fourth-order valence-corrected chi connectivity index (χ4v) is 2.18. The molecule has 1 aliphatic carbocycles. The molecule has 4 N–H and O–H groups in total. The number of benzene rings is 1. The lowest BCUT2D eigenvalue weighted by Gasteiger charge is -2.27. The van der Waals surface area contributed by atoms with E-state index >= 15 is 0 Å². The van der Waals surface area contributed by atoms with Crippen molar-refractivity contribution in [2.75, 3.05) is 24.2 Å². The molecule has 0 heterocycles. The monoisotopic (exact) mass is 263 g/mol. The second-order valence-corrected chi connectivity index (χ2v) is 4.98. The summed E-state index contributed by atoms with van der Waals surface area (Å²) in [6.07, 6.45) is 2.22. The van der Waals surface area contributed by atoms with Crippen LogP contribution in [0.4, 0.5) is 11.4 Å². The Morgan fingerprint density at radius 3 is 2.63 bits per heavy atom. The van der Waals surface area contributed by atoms with Crippen molar-refractivity contribution in [1.29, 1.82) is 0 Å². The summed E-state index contributed by atoms with van der Waals surface area (Å²) >= 11 is 0. The number of aliphatic hydroxyl groups excluding tert-OH is 1. The van der Waals surface area contributed by atoms with Crippen LogP contribution in [0.25, 0.3) is 0 Å². The number of nitrogens with zero attached hydrogens (tertiary/aromatic N) is 1. The number of hydrogen-bond acceptors (Lipinski definition) is 4. The number of carbonyl (C=O) groups is 1. The first-order chi connectivity index (χ1) is 9.11. The predicted molar refractivity (Wildman–Crippen MR) is 75.8 cm³/mol. The Bertz CT molecular complexity index is 429. The maximum atomic E-state index is 12.2. The number of nitrogens with two attached hydrogens (primary N) is 1. The summed E-state index contributed by atoms with van der Waals surface area (Å²) < 4.78 is 0. The van der Waals surface area contributed by atoms with Gasteiger partial charge in [0, 0.05) is 24.0 Å². The van der Waals surface area contributed by atoms with E-state index in [1.807, 2.05) is 6.92 Å². The first kappa shape index (κ1) is 13.8. The standard InChI is InChI=1S/C14H21N3O2/c1-10(17(8-9-18)13-6-7-13)14(19)16-12-4-2-11(15)3-5-12/h2-5,10,13,18H,6-9,15H2,1H3,(H,16,19). The summed E-state index contributed by atoms with van der Waals surface area (Å²) in [6.45, 7) is 2.50. The molecule has 5 heteroatoms. The van der Waals surface area contributed by atoms with E-state index in [9.17, 15) is 4.79 Å². The molecule has 0 spiro atoms. The minimum Gasteiger partial charge on any atom is -0.399 e.